The second-order valence-corrected chi connectivity index (χ2v) is 8.16. The van der Waals surface area contributed by atoms with Gasteiger partial charge in [0.15, 0.2) is 0 Å². The minimum Gasteiger partial charge on any atom is -0.445 e. The van der Waals surface area contributed by atoms with E-state index in [1.165, 1.54) is 6.07 Å². The van der Waals surface area contributed by atoms with Gasteiger partial charge in [-0.15, -0.1) is 0 Å². The minimum atomic E-state index is -1.28. The van der Waals surface area contributed by atoms with Crippen molar-refractivity contribution in [3.63, 3.8) is 0 Å². The zero-order valence-corrected chi connectivity index (χ0v) is 19.6. The summed E-state index contributed by atoms with van der Waals surface area (Å²) in [6, 6.07) is 18.5. The number of benzene rings is 3. The van der Waals surface area contributed by atoms with Crippen LogP contribution in [-0.4, -0.2) is 34.9 Å². The fourth-order valence-corrected chi connectivity index (χ4v) is 3.52. The number of ether oxygens (including phenoxy) is 1. The first kappa shape index (κ1) is 26.8. The lowest BCUT2D eigenvalue weighted by Crippen LogP contribution is -2.54. The van der Waals surface area contributed by atoms with Crippen LogP contribution in [0.4, 0.5) is 14.9 Å². The smallest absolute Gasteiger partial charge is 0.408 e. The number of carbonyl (C=O) groups is 3. The van der Waals surface area contributed by atoms with Crippen molar-refractivity contribution < 1.29 is 28.4 Å². The molecule has 0 radical (unpaired) electrons. The van der Waals surface area contributed by atoms with E-state index in [1.54, 1.807) is 54.6 Å². The number of primary amides is 1. The van der Waals surface area contributed by atoms with E-state index in [1.807, 2.05) is 6.07 Å². The molecule has 37 heavy (non-hydrogen) atoms. The zero-order valence-electron chi connectivity index (χ0n) is 19.6. The molecule has 3 rings (SSSR count). The highest BCUT2D eigenvalue weighted by atomic mass is 19.1. The van der Waals surface area contributed by atoms with E-state index in [2.05, 4.69) is 10.6 Å². The number of nitrogens with zero attached hydrogens (tertiary/aromatic N) is 1. The van der Waals surface area contributed by atoms with Gasteiger partial charge in [0, 0.05) is 18.9 Å². The van der Waals surface area contributed by atoms with Crippen molar-refractivity contribution in [3.8, 4) is 0 Å². The molecule has 0 spiro atoms. The molecule has 0 aliphatic carbocycles. The van der Waals surface area contributed by atoms with Gasteiger partial charge in [-0.1, -0.05) is 66.7 Å². The third-order valence-corrected chi connectivity index (χ3v) is 5.41. The molecule has 3 aromatic carbocycles. The number of nitro groups is 1. The lowest BCUT2D eigenvalue weighted by Gasteiger charge is -2.22. The molecule has 0 unspecified atom stereocenters. The summed E-state index contributed by atoms with van der Waals surface area (Å²) in [5.41, 5.74) is 6.39. The van der Waals surface area contributed by atoms with Crippen LogP contribution in [-0.2, 0) is 33.8 Å². The molecule has 0 aromatic heterocycles. The largest absolute Gasteiger partial charge is 0.445 e. The van der Waals surface area contributed by atoms with E-state index in [0.717, 1.165) is 23.3 Å². The van der Waals surface area contributed by atoms with Crippen LogP contribution in [0.5, 0.6) is 0 Å². The van der Waals surface area contributed by atoms with Crippen LogP contribution in [0.2, 0.25) is 0 Å². The molecule has 11 heteroatoms. The summed E-state index contributed by atoms with van der Waals surface area (Å²) in [7, 11) is 0. The Morgan fingerprint density at radius 3 is 2.05 bits per heavy atom. The van der Waals surface area contributed by atoms with Crippen LogP contribution in [0.15, 0.2) is 78.9 Å². The maximum Gasteiger partial charge on any atom is 0.408 e. The summed E-state index contributed by atoms with van der Waals surface area (Å²) in [4.78, 5) is 47.8. The number of carbonyl (C=O) groups excluding carboxylic acids is 3. The molecule has 4 N–H and O–H groups in total. The molecular formula is C26H25FN4O6. The van der Waals surface area contributed by atoms with Gasteiger partial charge in [-0.25, -0.2) is 4.79 Å². The van der Waals surface area contributed by atoms with Crippen molar-refractivity contribution >= 4 is 23.6 Å². The van der Waals surface area contributed by atoms with Crippen molar-refractivity contribution in [2.75, 3.05) is 0 Å². The van der Waals surface area contributed by atoms with Crippen LogP contribution in [0.25, 0.3) is 0 Å². The average Bonchev–Trinajstić information content (AvgIpc) is 2.88. The number of nitrogens with one attached hydrogen (secondary N) is 2. The maximum absolute atomic E-state index is 13.7. The quantitative estimate of drug-likeness (QED) is 0.267. The van der Waals surface area contributed by atoms with Gasteiger partial charge >= 0.3 is 11.8 Å². The molecule has 0 saturated heterocycles. The van der Waals surface area contributed by atoms with Gasteiger partial charge in [0.25, 0.3) is 0 Å². The Bertz CT molecular complexity index is 1260. The van der Waals surface area contributed by atoms with Crippen molar-refractivity contribution in [2.45, 2.75) is 31.5 Å². The number of alkyl carbamates (subject to hydrolysis) is 1. The second kappa shape index (κ2) is 12.8. The van der Waals surface area contributed by atoms with E-state index in [4.69, 9.17) is 10.5 Å². The normalized spacial score (nSPS) is 12.1. The summed E-state index contributed by atoms with van der Waals surface area (Å²) in [5.74, 6) is -2.67. The average molecular weight is 509 g/mol. The van der Waals surface area contributed by atoms with Gasteiger partial charge in [-0.3, -0.25) is 19.7 Å². The van der Waals surface area contributed by atoms with Crippen LogP contribution >= 0.6 is 0 Å². The molecule has 0 bridgehead atoms. The van der Waals surface area contributed by atoms with Crippen LogP contribution in [0, 0.1) is 15.9 Å². The first-order chi connectivity index (χ1) is 17.7. The van der Waals surface area contributed by atoms with Crippen molar-refractivity contribution in [1.29, 1.82) is 0 Å². The number of halogens is 1. The predicted molar refractivity (Wildman–Crippen MR) is 132 cm³/mol. The van der Waals surface area contributed by atoms with Gasteiger partial charge in [-0.05, 0) is 22.8 Å². The predicted octanol–water partition coefficient (Wildman–Crippen LogP) is 2.78. The molecule has 192 valence electrons. The van der Waals surface area contributed by atoms with E-state index in [0.29, 0.717) is 0 Å². The Labute approximate surface area is 211 Å². The Balaban J connectivity index is 1.73. The zero-order chi connectivity index (χ0) is 26.8. The Kier molecular flexibility index (Phi) is 9.25. The van der Waals surface area contributed by atoms with Crippen LogP contribution in [0.1, 0.15) is 16.7 Å². The molecule has 0 fully saturated rings. The monoisotopic (exact) mass is 508 g/mol. The number of rotatable bonds is 11. The van der Waals surface area contributed by atoms with Gasteiger partial charge in [0.1, 0.15) is 18.7 Å². The highest BCUT2D eigenvalue weighted by Crippen LogP contribution is 2.19. The summed E-state index contributed by atoms with van der Waals surface area (Å²) >= 11 is 0. The maximum atomic E-state index is 13.7. The van der Waals surface area contributed by atoms with Crippen LogP contribution < -0.4 is 16.4 Å². The number of nitro benzene ring substituents is 1. The first-order valence-electron chi connectivity index (χ1n) is 11.3. The molecule has 0 heterocycles. The highest BCUT2D eigenvalue weighted by molar-refractivity contribution is 5.91. The van der Waals surface area contributed by atoms with E-state index >= 15 is 0 Å². The van der Waals surface area contributed by atoms with E-state index in [9.17, 15) is 28.9 Å². The van der Waals surface area contributed by atoms with E-state index < -0.39 is 46.4 Å². The molecule has 3 amide bonds. The second-order valence-electron chi connectivity index (χ2n) is 8.16. The molecule has 10 nitrogen and oxygen atoms in total. The van der Waals surface area contributed by atoms with Gasteiger partial charge < -0.3 is 21.1 Å². The summed E-state index contributed by atoms with van der Waals surface area (Å²) in [6.07, 6.45) is -0.982. The highest BCUT2D eigenvalue weighted by Gasteiger charge is 2.27. The standard InChI is InChI=1S/C26H25FN4O6/c27-20-12-11-19(15-23(20)31(35)36)14-21(24(28)32)29-25(33)22(13-17-7-3-1-4-8-17)30-26(34)37-16-18-9-5-2-6-10-18/h1-12,15,21-22H,13-14,16H2,(H2,28,32)(H,29,33)(H,30,34)/t21-,22-/m0/s1. The Morgan fingerprint density at radius 2 is 1.46 bits per heavy atom. The fraction of sp³-hybridized carbons (Fsp3) is 0.192. The lowest BCUT2D eigenvalue weighted by molar-refractivity contribution is -0.387. The fourth-order valence-electron chi connectivity index (χ4n) is 3.52. The number of hydrogen-bond acceptors (Lipinski definition) is 6. The van der Waals surface area contributed by atoms with Gasteiger partial charge in [-0.2, -0.15) is 4.39 Å². The summed E-state index contributed by atoms with van der Waals surface area (Å²) < 4.78 is 18.9. The van der Waals surface area contributed by atoms with Gasteiger partial charge in [0.05, 0.1) is 4.92 Å². The molecule has 0 aliphatic heterocycles. The number of amides is 3. The van der Waals surface area contributed by atoms with Crippen molar-refractivity contribution in [3.05, 3.63) is 111 Å². The lowest BCUT2D eigenvalue weighted by atomic mass is 10.0. The Morgan fingerprint density at radius 1 is 0.865 bits per heavy atom. The molecular weight excluding hydrogens is 483 g/mol. The van der Waals surface area contributed by atoms with Crippen LogP contribution in [0.3, 0.4) is 0 Å². The molecule has 0 aliphatic rings. The number of hydrogen-bond donors (Lipinski definition) is 3. The molecule has 2 atom stereocenters. The topological polar surface area (TPSA) is 154 Å². The first-order valence-corrected chi connectivity index (χ1v) is 11.3. The SMILES string of the molecule is NC(=O)[C@H](Cc1ccc(F)c([N+](=O)[O-])c1)NC(=O)[C@H](Cc1ccccc1)NC(=O)OCc1ccccc1. The summed E-state index contributed by atoms with van der Waals surface area (Å²) in [5, 5.41) is 16.0. The van der Waals surface area contributed by atoms with E-state index in [-0.39, 0.29) is 25.0 Å². The van der Waals surface area contributed by atoms with Gasteiger partial charge in [0.2, 0.25) is 17.6 Å². The Hall–Kier alpha value is -4.80. The summed E-state index contributed by atoms with van der Waals surface area (Å²) in [6.45, 7) is -0.0143. The third kappa shape index (κ3) is 8.13. The third-order valence-electron chi connectivity index (χ3n) is 5.41. The molecule has 0 saturated carbocycles. The molecule has 3 aromatic rings. The minimum absolute atomic E-state index is 0.0143. The number of nitrogens with two attached hydrogens (primary N) is 1. The van der Waals surface area contributed by atoms with Crippen molar-refractivity contribution in [2.24, 2.45) is 5.73 Å². The van der Waals surface area contributed by atoms with Crippen molar-refractivity contribution in [1.82, 2.24) is 10.6 Å².